The molecule has 0 aromatic carbocycles. The summed E-state index contributed by atoms with van der Waals surface area (Å²) in [6.45, 7) is 4.74. The van der Waals surface area contributed by atoms with Crippen LogP contribution in [0.2, 0.25) is 0 Å². The largest absolute Gasteiger partial charge is 0.461 e. The van der Waals surface area contributed by atoms with E-state index in [0.717, 1.165) is 25.7 Å². The smallest absolute Gasteiger partial charge is 0.229 e. The summed E-state index contributed by atoms with van der Waals surface area (Å²) in [7, 11) is 0. The lowest BCUT2D eigenvalue weighted by Crippen LogP contribution is -2.44. The maximum Gasteiger partial charge on any atom is 0.229 e. The SMILES string of the molecule is CCOC1(C(=O)c2ccco2)CCC(C)CC1. The highest BCUT2D eigenvalue weighted by Crippen LogP contribution is 2.37. The molecule has 1 saturated carbocycles. The lowest BCUT2D eigenvalue weighted by molar-refractivity contribution is -0.0488. The van der Waals surface area contributed by atoms with E-state index in [9.17, 15) is 4.79 Å². The van der Waals surface area contributed by atoms with E-state index in [-0.39, 0.29) is 5.78 Å². The van der Waals surface area contributed by atoms with Crippen molar-refractivity contribution in [3.8, 4) is 0 Å². The summed E-state index contributed by atoms with van der Waals surface area (Å²) in [5.41, 5.74) is -0.640. The summed E-state index contributed by atoms with van der Waals surface area (Å²) in [4.78, 5) is 12.5. The zero-order valence-electron chi connectivity index (χ0n) is 10.6. The number of rotatable bonds is 4. The van der Waals surface area contributed by atoms with Gasteiger partial charge in [-0.1, -0.05) is 6.92 Å². The minimum atomic E-state index is -0.640. The van der Waals surface area contributed by atoms with Crippen molar-refractivity contribution < 1.29 is 13.9 Å². The Labute approximate surface area is 102 Å². The van der Waals surface area contributed by atoms with Gasteiger partial charge in [0.25, 0.3) is 0 Å². The fraction of sp³-hybridized carbons (Fsp3) is 0.643. The van der Waals surface area contributed by atoms with Gasteiger partial charge in [0.15, 0.2) is 5.76 Å². The lowest BCUT2D eigenvalue weighted by Gasteiger charge is -2.37. The molecule has 0 spiro atoms. The number of furan rings is 1. The van der Waals surface area contributed by atoms with Crippen LogP contribution in [0.5, 0.6) is 0 Å². The van der Waals surface area contributed by atoms with Crippen LogP contribution in [0.4, 0.5) is 0 Å². The summed E-state index contributed by atoms with van der Waals surface area (Å²) in [5.74, 6) is 1.12. The third-order valence-corrected chi connectivity index (χ3v) is 3.66. The van der Waals surface area contributed by atoms with Gasteiger partial charge in [0, 0.05) is 6.61 Å². The Morgan fingerprint density at radius 3 is 2.76 bits per heavy atom. The average molecular weight is 236 g/mol. The van der Waals surface area contributed by atoms with E-state index in [2.05, 4.69) is 6.92 Å². The zero-order valence-corrected chi connectivity index (χ0v) is 10.6. The monoisotopic (exact) mass is 236 g/mol. The van der Waals surface area contributed by atoms with Crippen molar-refractivity contribution >= 4 is 5.78 Å². The Kier molecular flexibility index (Phi) is 3.67. The number of Topliss-reactive ketones (excluding diaryl/α,β-unsaturated/α-hetero) is 1. The van der Waals surface area contributed by atoms with Gasteiger partial charge in [0.1, 0.15) is 5.60 Å². The van der Waals surface area contributed by atoms with Crippen LogP contribution in [0.1, 0.15) is 50.1 Å². The molecule has 1 aliphatic carbocycles. The first-order chi connectivity index (χ1) is 8.18. The topological polar surface area (TPSA) is 39.4 Å². The number of hydrogen-bond acceptors (Lipinski definition) is 3. The van der Waals surface area contributed by atoms with E-state index in [0.29, 0.717) is 18.3 Å². The molecule has 1 heterocycles. The molecule has 1 fully saturated rings. The lowest BCUT2D eigenvalue weighted by atomic mass is 9.76. The van der Waals surface area contributed by atoms with E-state index < -0.39 is 5.60 Å². The van der Waals surface area contributed by atoms with Crippen molar-refractivity contribution in [2.24, 2.45) is 5.92 Å². The molecule has 0 radical (unpaired) electrons. The third-order valence-electron chi connectivity index (χ3n) is 3.66. The zero-order chi connectivity index (χ0) is 12.3. The van der Waals surface area contributed by atoms with Crippen molar-refractivity contribution in [2.45, 2.75) is 45.1 Å². The van der Waals surface area contributed by atoms with Gasteiger partial charge in [-0.3, -0.25) is 4.79 Å². The average Bonchev–Trinajstić information content (AvgIpc) is 2.85. The fourth-order valence-corrected chi connectivity index (χ4v) is 2.57. The first-order valence-electron chi connectivity index (χ1n) is 6.40. The number of carbonyl (C=O) groups excluding carboxylic acids is 1. The maximum atomic E-state index is 12.5. The van der Waals surface area contributed by atoms with Crippen LogP contribution in [-0.4, -0.2) is 18.0 Å². The molecule has 0 N–H and O–H groups in total. The van der Waals surface area contributed by atoms with Gasteiger partial charge in [-0.05, 0) is 50.7 Å². The standard InChI is InChI=1S/C14H20O3/c1-3-17-14(8-6-11(2)7-9-14)13(15)12-5-4-10-16-12/h4-5,10-11H,3,6-9H2,1-2H3. The van der Waals surface area contributed by atoms with Crippen molar-refractivity contribution in [1.82, 2.24) is 0 Å². The van der Waals surface area contributed by atoms with Gasteiger partial charge >= 0.3 is 0 Å². The molecule has 1 aromatic heterocycles. The quantitative estimate of drug-likeness (QED) is 0.752. The van der Waals surface area contributed by atoms with Crippen molar-refractivity contribution in [3.63, 3.8) is 0 Å². The Morgan fingerprint density at radius 1 is 1.53 bits per heavy atom. The van der Waals surface area contributed by atoms with Gasteiger partial charge in [-0.2, -0.15) is 0 Å². The molecule has 0 aliphatic heterocycles. The summed E-state index contributed by atoms with van der Waals surface area (Å²) in [5, 5.41) is 0. The molecule has 1 aromatic rings. The van der Waals surface area contributed by atoms with Crippen molar-refractivity contribution in [3.05, 3.63) is 24.2 Å². The molecule has 0 atom stereocenters. The highest BCUT2D eigenvalue weighted by atomic mass is 16.5. The second-order valence-corrected chi connectivity index (χ2v) is 4.92. The molecule has 0 amide bonds. The Bertz CT molecular complexity index is 359. The molecule has 0 unspecified atom stereocenters. The summed E-state index contributed by atoms with van der Waals surface area (Å²) >= 11 is 0. The predicted octanol–water partition coefficient (Wildman–Crippen LogP) is 3.45. The van der Waals surface area contributed by atoms with Gasteiger partial charge < -0.3 is 9.15 Å². The van der Waals surface area contributed by atoms with Crippen molar-refractivity contribution in [1.29, 1.82) is 0 Å². The van der Waals surface area contributed by atoms with Crippen LogP contribution >= 0.6 is 0 Å². The Morgan fingerprint density at radius 2 is 2.24 bits per heavy atom. The summed E-state index contributed by atoms with van der Waals surface area (Å²) in [6.07, 6.45) is 5.25. The molecule has 0 saturated heterocycles. The Balaban J connectivity index is 2.19. The summed E-state index contributed by atoms with van der Waals surface area (Å²) < 4.78 is 11.0. The van der Waals surface area contributed by atoms with E-state index in [1.165, 1.54) is 0 Å². The van der Waals surface area contributed by atoms with Crippen LogP contribution in [0.15, 0.2) is 22.8 Å². The van der Waals surface area contributed by atoms with Gasteiger partial charge in [-0.25, -0.2) is 0 Å². The van der Waals surface area contributed by atoms with Crippen LogP contribution in [-0.2, 0) is 4.74 Å². The number of carbonyl (C=O) groups is 1. The van der Waals surface area contributed by atoms with Crippen LogP contribution in [0, 0.1) is 5.92 Å². The fourth-order valence-electron chi connectivity index (χ4n) is 2.57. The minimum absolute atomic E-state index is 0.0104. The number of hydrogen-bond donors (Lipinski definition) is 0. The van der Waals surface area contributed by atoms with Crippen LogP contribution in [0.25, 0.3) is 0 Å². The highest BCUT2D eigenvalue weighted by molar-refractivity contribution is 6.00. The number of ketones is 1. The molecule has 94 valence electrons. The van der Waals surface area contributed by atoms with Crippen LogP contribution in [0.3, 0.4) is 0 Å². The molecule has 0 bridgehead atoms. The molecule has 3 heteroatoms. The molecular weight excluding hydrogens is 216 g/mol. The summed E-state index contributed by atoms with van der Waals surface area (Å²) in [6, 6.07) is 3.47. The van der Waals surface area contributed by atoms with E-state index in [4.69, 9.17) is 9.15 Å². The van der Waals surface area contributed by atoms with Gasteiger partial charge in [-0.15, -0.1) is 0 Å². The van der Waals surface area contributed by atoms with E-state index >= 15 is 0 Å². The second kappa shape index (κ2) is 5.05. The van der Waals surface area contributed by atoms with Crippen LogP contribution < -0.4 is 0 Å². The van der Waals surface area contributed by atoms with E-state index in [1.54, 1.807) is 18.4 Å². The van der Waals surface area contributed by atoms with Gasteiger partial charge in [0.05, 0.1) is 6.26 Å². The first-order valence-corrected chi connectivity index (χ1v) is 6.40. The molecule has 1 aliphatic rings. The second-order valence-electron chi connectivity index (χ2n) is 4.92. The maximum absolute atomic E-state index is 12.5. The highest BCUT2D eigenvalue weighted by Gasteiger charge is 2.43. The molecule has 2 rings (SSSR count). The Hall–Kier alpha value is -1.09. The normalized spacial score (nSPS) is 29.2. The van der Waals surface area contributed by atoms with E-state index in [1.807, 2.05) is 6.92 Å². The third kappa shape index (κ3) is 2.44. The van der Waals surface area contributed by atoms with Gasteiger partial charge in [0.2, 0.25) is 5.78 Å². The van der Waals surface area contributed by atoms with Crippen molar-refractivity contribution in [2.75, 3.05) is 6.61 Å². The molecule has 17 heavy (non-hydrogen) atoms. The molecular formula is C14H20O3. The number of ether oxygens (including phenoxy) is 1. The predicted molar refractivity (Wildman–Crippen MR) is 65.0 cm³/mol. The minimum Gasteiger partial charge on any atom is -0.461 e. The first kappa shape index (κ1) is 12.4. The molecule has 3 nitrogen and oxygen atoms in total.